The Kier molecular flexibility index (Phi) is 8.91. The molecule has 0 heterocycles. The quantitative estimate of drug-likeness (QED) is 0.222. The highest BCUT2D eigenvalue weighted by molar-refractivity contribution is 9.10. The Morgan fingerprint density at radius 2 is 1.82 bits per heavy atom. The van der Waals surface area contributed by atoms with Gasteiger partial charge in [-0.2, -0.15) is 5.26 Å². The third-order valence-corrected chi connectivity index (χ3v) is 6.27. The van der Waals surface area contributed by atoms with Crippen LogP contribution in [0.25, 0.3) is 6.08 Å². The highest BCUT2D eigenvalue weighted by Gasteiger charge is 2.15. The van der Waals surface area contributed by atoms with Crippen molar-refractivity contribution in [3.63, 3.8) is 0 Å². The van der Waals surface area contributed by atoms with Crippen molar-refractivity contribution in [1.82, 2.24) is 0 Å². The first kappa shape index (κ1) is 25.5. The molecule has 0 radical (unpaired) electrons. The molecule has 3 aromatic carbocycles. The zero-order valence-corrected chi connectivity index (χ0v) is 22.3. The highest BCUT2D eigenvalue weighted by Crippen LogP contribution is 2.38. The van der Waals surface area contributed by atoms with Crippen molar-refractivity contribution in [2.45, 2.75) is 27.4 Å². The maximum atomic E-state index is 12.8. The molecule has 0 bridgehead atoms. The van der Waals surface area contributed by atoms with Crippen LogP contribution in [0, 0.1) is 25.2 Å². The minimum Gasteiger partial charge on any atom is -0.490 e. The summed E-state index contributed by atoms with van der Waals surface area (Å²) in [6, 6.07) is 19.1. The smallest absolute Gasteiger partial charge is 0.266 e. The normalized spacial score (nSPS) is 11.0. The largest absolute Gasteiger partial charge is 0.490 e. The summed E-state index contributed by atoms with van der Waals surface area (Å²) in [6.07, 6.45) is 1.53. The second-order valence-corrected chi connectivity index (χ2v) is 9.32. The summed E-state index contributed by atoms with van der Waals surface area (Å²) in [4.78, 5) is 12.8. The molecule has 0 spiro atoms. The van der Waals surface area contributed by atoms with Crippen LogP contribution in [0.2, 0.25) is 0 Å². The van der Waals surface area contributed by atoms with Crippen LogP contribution in [0.1, 0.15) is 29.2 Å². The Morgan fingerprint density at radius 3 is 2.50 bits per heavy atom. The van der Waals surface area contributed by atoms with Crippen molar-refractivity contribution in [2.75, 3.05) is 11.9 Å². The summed E-state index contributed by atoms with van der Waals surface area (Å²) in [5.74, 6) is 0.605. The Bertz CT molecular complexity index is 1260. The van der Waals surface area contributed by atoms with E-state index in [1.54, 1.807) is 12.1 Å². The molecule has 0 saturated heterocycles. The lowest BCUT2D eigenvalue weighted by Crippen LogP contribution is -2.14. The number of hydrogen-bond donors (Lipinski definition) is 1. The molecule has 0 fully saturated rings. The van der Waals surface area contributed by atoms with Crippen LogP contribution in [0.3, 0.4) is 0 Å². The summed E-state index contributed by atoms with van der Waals surface area (Å²) < 4.78 is 13.5. The highest BCUT2D eigenvalue weighted by atomic mass is 79.9. The van der Waals surface area contributed by atoms with Crippen molar-refractivity contribution in [3.8, 4) is 17.6 Å². The molecule has 1 N–H and O–H groups in total. The van der Waals surface area contributed by atoms with Crippen LogP contribution < -0.4 is 14.8 Å². The number of aryl methyl sites for hydroxylation is 1. The van der Waals surface area contributed by atoms with Crippen LogP contribution in [0.4, 0.5) is 5.69 Å². The van der Waals surface area contributed by atoms with Crippen LogP contribution in [-0.4, -0.2) is 12.5 Å². The molecule has 0 unspecified atom stereocenters. The molecular formula is C27H24Br2N2O3. The molecule has 3 rings (SSSR count). The molecule has 1 amide bonds. The predicted molar refractivity (Wildman–Crippen MR) is 142 cm³/mol. The first-order valence-corrected chi connectivity index (χ1v) is 12.2. The van der Waals surface area contributed by atoms with Gasteiger partial charge < -0.3 is 14.8 Å². The minimum atomic E-state index is -0.471. The Labute approximate surface area is 216 Å². The predicted octanol–water partition coefficient (Wildman–Crippen LogP) is 7.35. The molecule has 0 aliphatic carbocycles. The number of nitrogens with zero attached hydrogens (tertiary/aromatic N) is 1. The number of nitrogens with one attached hydrogen (secondary N) is 1. The number of ether oxygens (including phenoxy) is 2. The fourth-order valence-corrected chi connectivity index (χ4v) is 4.04. The van der Waals surface area contributed by atoms with E-state index >= 15 is 0 Å². The Balaban J connectivity index is 1.86. The van der Waals surface area contributed by atoms with E-state index < -0.39 is 5.91 Å². The monoisotopic (exact) mass is 582 g/mol. The lowest BCUT2D eigenvalue weighted by molar-refractivity contribution is -0.112. The number of carbonyl (C=O) groups excluding carboxylic acids is 1. The molecular weight excluding hydrogens is 560 g/mol. The second kappa shape index (κ2) is 11.9. The SMILES string of the molecule is CCOc1cc(/C=C(/C#N)C(=O)Nc2cccc(C)c2C)cc(Br)c1OCc1ccc(Br)cc1. The number of carbonyl (C=O) groups is 1. The van der Waals surface area contributed by atoms with Crippen LogP contribution in [0.15, 0.2) is 69.1 Å². The van der Waals surface area contributed by atoms with Crippen LogP contribution >= 0.6 is 31.9 Å². The van der Waals surface area contributed by atoms with Gasteiger partial charge in [-0.1, -0.05) is 40.2 Å². The van der Waals surface area contributed by atoms with Crippen molar-refractivity contribution in [1.29, 1.82) is 5.26 Å². The molecule has 0 saturated carbocycles. The second-order valence-electron chi connectivity index (χ2n) is 7.55. The van der Waals surface area contributed by atoms with Crippen molar-refractivity contribution < 1.29 is 14.3 Å². The number of benzene rings is 3. The molecule has 3 aromatic rings. The lowest BCUT2D eigenvalue weighted by atomic mass is 10.1. The van der Waals surface area contributed by atoms with Gasteiger partial charge in [-0.3, -0.25) is 4.79 Å². The summed E-state index contributed by atoms with van der Waals surface area (Å²) in [7, 11) is 0. The summed E-state index contributed by atoms with van der Waals surface area (Å²) in [5.41, 5.74) is 4.33. The molecule has 0 aliphatic heterocycles. The Hall–Kier alpha value is -3.08. The number of hydrogen-bond acceptors (Lipinski definition) is 4. The maximum absolute atomic E-state index is 12.8. The van der Waals surface area contributed by atoms with Gasteiger partial charge in [0.25, 0.3) is 5.91 Å². The number of halogens is 2. The van der Waals surface area contributed by atoms with Gasteiger partial charge in [-0.05, 0) is 95.4 Å². The number of anilines is 1. The van der Waals surface area contributed by atoms with Crippen LogP contribution in [-0.2, 0) is 11.4 Å². The van der Waals surface area contributed by atoms with Gasteiger partial charge >= 0.3 is 0 Å². The molecule has 5 nitrogen and oxygen atoms in total. The van der Waals surface area contributed by atoms with Crippen molar-refractivity contribution >= 4 is 49.5 Å². The van der Waals surface area contributed by atoms with E-state index in [1.165, 1.54) is 6.08 Å². The third kappa shape index (κ3) is 6.49. The third-order valence-electron chi connectivity index (χ3n) is 5.16. The first-order chi connectivity index (χ1) is 16.3. The number of rotatable bonds is 8. The standard InChI is InChI=1S/C27H24Br2N2O3/c1-4-33-25-14-20(13-23(29)26(25)34-16-19-8-10-22(28)11-9-19)12-21(15-30)27(32)31-24-7-5-6-17(2)18(24)3/h5-14H,4,16H2,1-3H3,(H,31,32)/b21-12-. The molecule has 0 aliphatic rings. The molecule has 7 heteroatoms. The summed E-state index contributed by atoms with van der Waals surface area (Å²) in [5, 5.41) is 12.5. The topological polar surface area (TPSA) is 71.3 Å². The zero-order chi connectivity index (χ0) is 24.7. The molecule has 174 valence electrons. The first-order valence-electron chi connectivity index (χ1n) is 10.6. The van der Waals surface area contributed by atoms with Crippen molar-refractivity contribution in [2.24, 2.45) is 0 Å². The van der Waals surface area contributed by atoms with E-state index in [4.69, 9.17) is 9.47 Å². The van der Waals surface area contributed by atoms with E-state index in [2.05, 4.69) is 37.2 Å². The van der Waals surface area contributed by atoms with E-state index in [-0.39, 0.29) is 5.57 Å². The summed E-state index contributed by atoms with van der Waals surface area (Å²) >= 11 is 6.98. The Morgan fingerprint density at radius 1 is 1.09 bits per heavy atom. The lowest BCUT2D eigenvalue weighted by Gasteiger charge is -2.15. The zero-order valence-electron chi connectivity index (χ0n) is 19.1. The van der Waals surface area contributed by atoms with E-state index in [0.717, 1.165) is 21.2 Å². The van der Waals surface area contributed by atoms with Gasteiger partial charge in [0.15, 0.2) is 11.5 Å². The fourth-order valence-electron chi connectivity index (χ4n) is 3.20. The number of amides is 1. The van der Waals surface area contributed by atoms with E-state index in [0.29, 0.717) is 40.4 Å². The minimum absolute atomic E-state index is 0.0150. The molecule has 0 aromatic heterocycles. The summed E-state index contributed by atoms with van der Waals surface area (Å²) in [6.45, 7) is 6.58. The maximum Gasteiger partial charge on any atom is 0.266 e. The average Bonchev–Trinajstić information content (AvgIpc) is 2.81. The van der Waals surface area contributed by atoms with Gasteiger partial charge in [-0.25, -0.2) is 0 Å². The van der Waals surface area contributed by atoms with Gasteiger partial charge in [0.1, 0.15) is 18.2 Å². The van der Waals surface area contributed by atoms with Gasteiger partial charge in [-0.15, -0.1) is 0 Å². The van der Waals surface area contributed by atoms with Crippen LogP contribution in [0.5, 0.6) is 11.5 Å². The van der Waals surface area contributed by atoms with E-state index in [9.17, 15) is 10.1 Å². The van der Waals surface area contributed by atoms with Crippen molar-refractivity contribution in [3.05, 3.63) is 91.4 Å². The molecule has 34 heavy (non-hydrogen) atoms. The molecule has 0 atom stereocenters. The fraction of sp³-hybridized carbons (Fsp3) is 0.185. The van der Waals surface area contributed by atoms with E-state index in [1.807, 2.05) is 69.3 Å². The number of nitriles is 1. The average molecular weight is 584 g/mol. The van der Waals surface area contributed by atoms with Gasteiger partial charge in [0.2, 0.25) is 0 Å². The van der Waals surface area contributed by atoms with Gasteiger partial charge in [0.05, 0.1) is 11.1 Å². The van der Waals surface area contributed by atoms with Gasteiger partial charge in [0, 0.05) is 10.2 Å².